The first kappa shape index (κ1) is 17.2. The first-order chi connectivity index (χ1) is 12.1. The number of methoxy groups -OCH3 is 1. The van der Waals surface area contributed by atoms with E-state index in [-0.39, 0.29) is 12.6 Å². The lowest BCUT2D eigenvalue weighted by Gasteiger charge is -2.21. The molecule has 2 atom stereocenters. The zero-order chi connectivity index (χ0) is 17.8. The molecule has 2 aromatic rings. The lowest BCUT2D eigenvalue weighted by molar-refractivity contribution is 0.0600. The van der Waals surface area contributed by atoms with Crippen LogP contribution in [0.3, 0.4) is 0 Å². The van der Waals surface area contributed by atoms with Crippen LogP contribution in [0.1, 0.15) is 22.0 Å². The van der Waals surface area contributed by atoms with Crippen molar-refractivity contribution in [2.75, 3.05) is 13.7 Å². The van der Waals surface area contributed by atoms with E-state index in [0.29, 0.717) is 11.3 Å². The minimum Gasteiger partial charge on any atom is -0.490 e. The van der Waals surface area contributed by atoms with Crippen LogP contribution < -0.4 is 4.74 Å². The summed E-state index contributed by atoms with van der Waals surface area (Å²) in [6, 6.07) is 15.7. The molecule has 130 valence electrons. The number of carbonyl (C=O) groups excluding carboxylic acids is 2. The Kier molecular flexibility index (Phi) is 5.14. The molecule has 2 unspecified atom stereocenters. The number of carbonyl (C=O) groups is 2. The SMILES string of the molecule is COC(=O)c1ccc(OCC2OC(=O)N(S)C2c2ccccc2)cc1. The van der Waals surface area contributed by atoms with E-state index < -0.39 is 18.2 Å². The van der Waals surface area contributed by atoms with Crippen molar-refractivity contribution in [3.63, 3.8) is 0 Å². The second kappa shape index (κ2) is 7.48. The summed E-state index contributed by atoms with van der Waals surface area (Å²) >= 11 is 4.23. The Morgan fingerprint density at radius 3 is 2.48 bits per heavy atom. The summed E-state index contributed by atoms with van der Waals surface area (Å²) in [5.74, 6) is 0.152. The predicted octanol–water partition coefficient (Wildman–Crippen LogP) is 3.26. The second-order valence-corrected chi connectivity index (χ2v) is 5.88. The second-order valence-electron chi connectivity index (χ2n) is 5.45. The van der Waals surface area contributed by atoms with Crippen molar-refractivity contribution in [2.45, 2.75) is 12.1 Å². The molecule has 1 amide bonds. The number of amides is 1. The molecule has 0 aliphatic carbocycles. The standard InChI is InChI=1S/C18H17NO5S/c1-22-17(20)13-7-9-14(10-8-13)23-11-15-16(19(25)18(21)24-15)12-5-3-2-4-6-12/h2-10,15-16,25H,11H2,1H3. The first-order valence-corrected chi connectivity index (χ1v) is 8.05. The summed E-state index contributed by atoms with van der Waals surface area (Å²) in [6.07, 6.45) is -1.00. The van der Waals surface area contributed by atoms with Crippen molar-refractivity contribution < 1.29 is 23.8 Å². The lowest BCUT2D eigenvalue weighted by Crippen LogP contribution is -2.26. The Hall–Kier alpha value is -2.67. The van der Waals surface area contributed by atoms with Gasteiger partial charge in [-0.15, -0.1) is 0 Å². The molecule has 0 spiro atoms. The molecular weight excluding hydrogens is 342 g/mol. The number of hydrogen-bond donors (Lipinski definition) is 1. The van der Waals surface area contributed by atoms with Gasteiger partial charge in [0.25, 0.3) is 0 Å². The molecule has 6 nitrogen and oxygen atoms in total. The lowest BCUT2D eigenvalue weighted by atomic mass is 10.0. The third-order valence-electron chi connectivity index (χ3n) is 3.89. The summed E-state index contributed by atoms with van der Waals surface area (Å²) in [5, 5.41) is 0. The molecule has 1 saturated heterocycles. The Morgan fingerprint density at radius 2 is 1.84 bits per heavy atom. The molecular formula is C18H17NO5S. The largest absolute Gasteiger partial charge is 0.490 e. The van der Waals surface area contributed by atoms with E-state index >= 15 is 0 Å². The highest BCUT2D eigenvalue weighted by atomic mass is 32.1. The van der Waals surface area contributed by atoms with Crippen molar-refractivity contribution >= 4 is 24.9 Å². The molecule has 2 aromatic carbocycles. The number of rotatable bonds is 5. The molecule has 0 bridgehead atoms. The van der Waals surface area contributed by atoms with E-state index in [4.69, 9.17) is 9.47 Å². The zero-order valence-corrected chi connectivity index (χ0v) is 14.4. The van der Waals surface area contributed by atoms with Gasteiger partial charge in [0.2, 0.25) is 0 Å². The van der Waals surface area contributed by atoms with Crippen molar-refractivity contribution in [1.29, 1.82) is 0 Å². The Bertz CT molecular complexity index is 750. The molecule has 0 N–H and O–H groups in total. The van der Waals surface area contributed by atoms with Gasteiger partial charge in [0.1, 0.15) is 18.4 Å². The first-order valence-electron chi connectivity index (χ1n) is 7.65. The van der Waals surface area contributed by atoms with Gasteiger partial charge in [0.05, 0.1) is 12.7 Å². The van der Waals surface area contributed by atoms with E-state index in [9.17, 15) is 9.59 Å². The van der Waals surface area contributed by atoms with Gasteiger partial charge >= 0.3 is 12.1 Å². The van der Waals surface area contributed by atoms with Gasteiger partial charge in [-0.1, -0.05) is 43.1 Å². The summed E-state index contributed by atoms with van der Waals surface area (Å²) in [4.78, 5) is 23.3. The van der Waals surface area contributed by atoms with E-state index in [2.05, 4.69) is 17.6 Å². The number of esters is 1. The number of hydrogen-bond acceptors (Lipinski definition) is 6. The molecule has 0 radical (unpaired) electrons. The Balaban J connectivity index is 1.69. The van der Waals surface area contributed by atoms with Crippen LogP contribution in [-0.4, -0.2) is 36.2 Å². The molecule has 0 aromatic heterocycles. The van der Waals surface area contributed by atoms with Gasteiger partial charge in [-0.05, 0) is 29.8 Å². The van der Waals surface area contributed by atoms with Gasteiger partial charge in [-0.2, -0.15) is 0 Å². The molecule has 1 fully saturated rings. The quantitative estimate of drug-likeness (QED) is 0.656. The fourth-order valence-corrected chi connectivity index (χ4v) is 2.96. The average Bonchev–Trinajstić information content (AvgIpc) is 2.94. The van der Waals surface area contributed by atoms with Crippen LogP contribution in [0.4, 0.5) is 4.79 Å². The van der Waals surface area contributed by atoms with Crippen LogP contribution in [0.15, 0.2) is 54.6 Å². The van der Waals surface area contributed by atoms with E-state index in [1.165, 1.54) is 11.4 Å². The van der Waals surface area contributed by atoms with Crippen LogP contribution in [-0.2, 0) is 9.47 Å². The highest BCUT2D eigenvalue weighted by Crippen LogP contribution is 2.34. The van der Waals surface area contributed by atoms with Crippen molar-refractivity contribution in [2.24, 2.45) is 0 Å². The van der Waals surface area contributed by atoms with Crippen molar-refractivity contribution in [3.8, 4) is 5.75 Å². The van der Waals surface area contributed by atoms with Gasteiger partial charge in [-0.3, -0.25) is 0 Å². The minimum absolute atomic E-state index is 0.167. The highest BCUT2D eigenvalue weighted by molar-refractivity contribution is 7.78. The van der Waals surface area contributed by atoms with E-state index in [1.54, 1.807) is 24.3 Å². The molecule has 7 heteroatoms. The van der Waals surface area contributed by atoms with Crippen molar-refractivity contribution in [3.05, 3.63) is 65.7 Å². The van der Waals surface area contributed by atoms with Gasteiger partial charge < -0.3 is 14.2 Å². The topological polar surface area (TPSA) is 65.1 Å². The summed E-state index contributed by atoms with van der Waals surface area (Å²) in [5.41, 5.74) is 1.35. The van der Waals surface area contributed by atoms with Gasteiger partial charge in [-0.25, -0.2) is 13.9 Å². The summed E-state index contributed by atoms with van der Waals surface area (Å²) < 4.78 is 17.0. The summed E-state index contributed by atoms with van der Waals surface area (Å²) in [6.45, 7) is 0.167. The van der Waals surface area contributed by atoms with Crippen LogP contribution >= 0.6 is 12.8 Å². The number of nitrogens with zero attached hydrogens (tertiary/aromatic N) is 1. The van der Waals surface area contributed by atoms with Gasteiger partial charge in [0, 0.05) is 0 Å². The van der Waals surface area contributed by atoms with Crippen LogP contribution in [0.5, 0.6) is 5.75 Å². The number of thiol groups is 1. The molecule has 25 heavy (non-hydrogen) atoms. The fourth-order valence-electron chi connectivity index (χ4n) is 2.63. The fraction of sp³-hybridized carbons (Fsp3) is 0.222. The smallest absolute Gasteiger partial charge is 0.420 e. The van der Waals surface area contributed by atoms with Crippen LogP contribution in [0, 0.1) is 0 Å². The maximum atomic E-state index is 11.9. The molecule has 0 saturated carbocycles. The van der Waals surface area contributed by atoms with Crippen LogP contribution in [0.2, 0.25) is 0 Å². The van der Waals surface area contributed by atoms with E-state index in [1.807, 2.05) is 30.3 Å². The average molecular weight is 359 g/mol. The normalized spacial score (nSPS) is 19.4. The zero-order valence-electron chi connectivity index (χ0n) is 13.5. The molecule has 1 aliphatic heterocycles. The minimum atomic E-state index is -0.508. The van der Waals surface area contributed by atoms with Gasteiger partial charge in [0.15, 0.2) is 6.10 Å². The molecule has 1 heterocycles. The Morgan fingerprint density at radius 1 is 1.16 bits per heavy atom. The number of benzene rings is 2. The van der Waals surface area contributed by atoms with E-state index in [0.717, 1.165) is 5.56 Å². The highest BCUT2D eigenvalue weighted by Gasteiger charge is 2.41. The third kappa shape index (κ3) is 3.71. The van der Waals surface area contributed by atoms with Crippen molar-refractivity contribution in [1.82, 2.24) is 4.31 Å². The number of cyclic esters (lactones) is 1. The third-order valence-corrected chi connectivity index (χ3v) is 4.30. The van der Waals surface area contributed by atoms with Crippen LogP contribution in [0.25, 0.3) is 0 Å². The monoisotopic (exact) mass is 359 g/mol. The summed E-state index contributed by atoms with van der Waals surface area (Å²) in [7, 11) is 1.33. The Labute approximate surface area is 150 Å². The molecule has 1 aliphatic rings. The molecule has 3 rings (SSSR count). The number of ether oxygens (including phenoxy) is 3. The maximum Gasteiger partial charge on any atom is 0.420 e. The maximum absolute atomic E-state index is 11.9. The predicted molar refractivity (Wildman–Crippen MR) is 93.6 cm³/mol.